The minimum Gasteiger partial charge on any atom is -0.372 e. The second-order valence-corrected chi connectivity index (χ2v) is 6.17. The summed E-state index contributed by atoms with van der Waals surface area (Å²) in [4.78, 5) is 14.7. The van der Waals surface area contributed by atoms with Crippen LogP contribution >= 0.6 is 0 Å². The largest absolute Gasteiger partial charge is 0.372 e. The number of nitrogens with one attached hydrogen (secondary N) is 1. The van der Waals surface area contributed by atoms with Crippen molar-refractivity contribution in [1.82, 2.24) is 4.72 Å². The molecule has 2 aliphatic rings. The van der Waals surface area contributed by atoms with Crippen LogP contribution in [0.25, 0.3) is 0 Å². The Morgan fingerprint density at radius 2 is 2.11 bits per heavy atom. The molecular formula is C9H14N2O7S. The van der Waals surface area contributed by atoms with Crippen LogP contribution in [0.15, 0.2) is 12.7 Å². The van der Waals surface area contributed by atoms with Crippen LogP contribution < -0.4 is 4.72 Å². The normalized spacial score (nSPS) is 33.9. The fourth-order valence-corrected chi connectivity index (χ4v) is 3.59. The van der Waals surface area contributed by atoms with Gasteiger partial charge in [-0.3, -0.25) is 0 Å². The Kier molecular flexibility index (Phi) is 4.04. The summed E-state index contributed by atoms with van der Waals surface area (Å²) in [6.45, 7) is 3.37. The van der Waals surface area contributed by atoms with Crippen molar-refractivity contribution < 1.29 is 27.8 Å². The molecule has 0 aromatic rings. The summed E-state index contributed by atoms with van der Waals surface area (Å²) in [6.07, 6.45) is -0.971. The standard InChI is InChI=1S/C9H14N2O7S/c1-2-3-10-19(14,15)7-5-17-8-6(18-11(12)13)4-16-9(7)8/h2,6-10H,1,3-5H2/t6-,7+,8-,9-/m1/s1. The lowest BCUT2D eigenvalue weighted by Crippen LogP contribution is -2.43. The maximum atomic E-state index is 12.0. The van der Waals surface area contributed by atoms with Crippen LogP contribution in [-0.4, -0.2) is 56.8 Å². The van der Waals surface area contributed by atoms with Crippen molar-refractivity contribution in [2.24, 2.45) is 0 Å². The van der Waals surface area contributed by atoms with E-state index in [4.69, 9.17) is 9.47 Å². The molecule has 2 fully saturated rings. The number of nitrogens with zero attached hydrogens (tertiary/aromatic N) is 1. The molecular weight excluding hydrogens is 280 g/mol. The maximum absolute atomic E-state index is 12.0. The van der Waals surface area contributed by atoms with Crippen LogP contribution in [0.3, 0.4) is 0 Å². The summed E-state index contributed by atoms with van der Waals surface area (Å²) < 4.78 is 36.8. The molecule has 1 N–H and O–H groups in total. The molecule has 2 saturated heterocycles. The molecule has 2 aliphatic heterocycles. The van der Waals surface area contributed by atoms with Gasteiger partial charge >= 0.3 is 0 Å². The van der Waals surface area contributed by atoms with E-state index in [0.29, 0.717) is 0 Å². The first-order valence-electron chi connectivity index (χ1n) is 5.59. The summed E-state index contributed by atoms with van der Waals surface area (Å²) in [5.74, 6) is 0. The minimum absolute atomic E-state index is 0.0657. The molecule has 10 heteroatoms. The highest BCUT2D eigenvalue weighted by Gasteiger charge is 2.53. The molecule has 0 unspecified atom stereocenters. The predicted molar refractivity (Wildman–Crippen MR) is 62.3 cm³/mol. The zero-order chi connectivity index (χ0) is 14.0. The van der Waals surface area contributed by atoms with Crippen molar-refractivity contribution in [3.05, 3.63) is 22.8 Å². The van der Waals surface area contributed by atoms with Gasteiger partial charge in [-0.05, 0) is 0 Å². The van der Waals surface area contributed by atoms with Crippen molar-refractivity contribution in [3.8, 4) is 0 Å². The van der Waals surface area contributed by atoms with Gasteiger partial charge in [0.15, 0.2) is 6.10 Å². The summed E-state index contributed by atoms with van der Waals surface area (Å²) in [5.41, 5.74) is 0. The lowest BCUT2D eigenvalue weighted by atomic mass is 10.1. The van der Waals surface area contributed by atoms with Crippen LogP contribution in [0.2, 0.25) is 0 Å². The Balaban J connectivity index is 2.05. The van der Waals surface area contributed by atoms with Gasteiger partial charge in [-0.25, -0.2) is 13.1 Å². The van der Waals surface area contributed by atoms with Gasteiger partial charge in [0.2, 0.25) is 10.0 Å². The molecule has 0 bridgehead atoms. The monoisotopic (exact) mass is 294 g/mol. The van der Waals surface area contributed by atoms with Gasteiger partial charge in [-0.2, -0.15) is 0 Å². The van der Waals surface area contributed by atoms with Gasteiger partial charge in [0.1, 0.15) is 17.5 Å². The lowest BCUT2D eigenvalue weighted by Gasteiger charge is -2.16. The van der Waals surface area contributed by atoms with E-state index in [2.05, 4.69) is 16.1 Å². The van der Waals surface area contributed by atoms with Crippen LogP contribution in [-0.2, 0) is 24.3 Å². The highest BCUT2D eigenvalue weighted by molar-refractivity contribution is 7.90. The van der Waals surface area contributed by atoms with E-state index in [-0.39, 0.29) is 19.8 Å². The van der Waals surface area contributed by atoms with E-state index in [1.54, 1.807) is 0 Å². The SMILES string of the molecule is C=CCNS(=O)(=O)[C@H]1CO[C@H]2[C@@H]1OC[C@H]2O[N+](=O)[O-]. The molecule has 19 heavy (non-hydrogen) atoms. The average molecular weight is 294 g/mol. The Morgan fingerprint density at radius 1 is 1.42 bits per heavy atom. The molecule has 2 rings (SSSR count). The molecule has 0 spiro atoms. The van der Waals surface area contributed by atoms with Crippen LogP contribution in [0.5, 0.6) is 0 Å². The second kappa shape index (κ2) is 5.41. The Hall–Kier alpha value is -1.23. The first-order valence-corrected chi connectivity index (χ1v) is 7.14. The van der Waals surface area contributed by atoms with Gasteiger partial charge in [0.25, 0.3) is 5.09 Å². The first kappa shape index (κ1) is 14.2. The number of rotatable bonds is 6. The number of hydrogen-bond donors (Lipinski definition) is 1. The van der Waals surface area contributed by atoms with Crippen molar-refractivity contribution >= 4 is 10.0 Å². The quantitative estimate of drug-likeness (QED) is 0.373. The molecule has 0 aromatic heterocycles. The van der Waals surface area contributed by atoms with Gasteiger partial charge < -0.3 is 14.3 Å². The second-order valence-electron chi connectivity index (χ2n) is 4.18. The molecule has 0 radical (unpaired) electrons. The molecule has 0 saturated carbocycles. The zero-order valence-electron chi connectivity index (χ0n) is 9.93. The number of ether oxygens (including phenoxy) is 2. The minimum atomic E-state index is -3.62. The molecule has 9 nitrogen and oxygen atoms in total. The van der Waals surface area contributed by atoms with E-state index in [1.807, 2.05) is 0 Å². The van der Waals surface area contributed by atoms with Gasteiger partial charge in [-0.1, -0.05) is 6.08 Å². The highest BCUT2D eigenvalue weighted by atomic mass is 32.2. The highest BCUT2D eigenvalue weighted by Crippen LogP contribution is 2.31. The van der Waals surface area contributed by atoms with E-state index in [9.17, 15) is 18.5 Å². The fourth-order valence-electron chi connectivity index (χ4n) is 2.18. The third kappa shape index (κ3) is 2.86. The van der Waals surface area contributed by atoms with Crippen molar-refractivity contribution in [2.75, 3.05) is 19.8 Å². The molecule has 108 valence electrons. The Labute approximate surface area is 109 Å². The van der Waals surface area contributed by atoms with Gasteiger partial charge in [0.05, 0.1) is 13.2 Å². The lowest BCUT2D eigenvalue weighted by molar-refractivity contribution is -0.769. The van der Waals surface area contributed by atoms with Crippen LogP contribution in [0.1, 0.15) is 0 Å². The number of sulfonamides is 1. The number of fused-ring (bicyclic) bond motifs is 1. The van der Waals surface area contributed by atoms with E-state index >= 15 is 0 Å². The topological polar surface area (TPSA) is 117 Å². The van der Waals surface area contributed by atoms with Gasteiger partial charge in [-0.15, -0.1) is 16.7 Å². The first-order chi connectivity index (χ1) is 8.95. The third-order valence-corrected chi connectivity index (χ3v) is 4.78. The molecule has 0 amide bonds. The van der Waals surface area contributed by atoms with E-state index in [1.165, 1.54) is 6.08 Å². The average Bonchev–Trinajstić information content (AvgIpc) is 2.89. The zero-order valence-corrected chi connectivity index (χ0v) is 10.7. The summed E-state index contributed by atoms with van der Waals surface area (Å²) in [5, 5.41) is 8.46. The predicted octanol–water partition coefficient (Wildman–Crippen LogP) is -1.17. The maximum Gasteiger partial charge on any atom is 0.294 e. The van der Waals surface area contributed by atoms with E-state index in [0.717, 1.165) is 0 Å². The smallest absolute Gasteiger partial charge is 0.294 e. The third-order valence-electron chi connectivity index (χ3n) is 3.01. The molecule has 0 aromatic carbocycles. The molecule has 4 atom stereocenters. The van der Waals surface area contributed by atoms with Crippen molar-refractivity contribution in [2.45, 2.75) is 23.6 Å². The summed E-state index contributed by atoms with van der Waals surface area (Å²) in [7, 11) is -3.62. The van der Waals surface area contributed by atoms with Crippen molar-refractivity contribution in [3.63, 3.8) is 0 Å². The fraction of sp³-hybridized carbons (Fsp3) is 0.778. The van der Waals surface area contributed by atoms with Crippen molar-refractivity contribution in [1.29, 1.82) is 0 Å². The van der Waals surface area contributed by atoms with Crippen LogP contribution in [0.4, 0.5) is 0 Å². The Morgan fingerprint density at radius 3 is 2.74 bits per heavy atom. The Bertz CT molecular complexity index is 465. The van der Waals surface area contributed by atoms with Gasteiger partial charge in [0, 0.05) is 6.54 Å². The molecule has 0 aliphatic carbocycles. The summed E-state index contributed by atoms with van der Waals surface area (Å²) >= 11 is 0. The van der Waals surface area contributed by atoms with Crippen LogP contribution in [0, 0.1) is 10.1 Å². The van der Waals surface area contributed by atoms with E-state index < -0.39 is 38.7 Å². The molecule has 2 heterocycles. The number of hydrogen-bond acceptors (Lipinski definition) is 7. The summed E-state index contributed by atoms with van der Waals surface area (Å²) in [6, 6.07) is 0.